The summed E-state index contributed by atoms with van der Waals surface area (Å²) in [5.41, 5.74) is 4.23. The Hall–Kier alpha value is -2.47. The van der Waals surface area contributed by atoms with Gasteiger partial charge in [0.15, 0.2) is 0 Å². The first-order valence-electron chi connectivity index (χ1n) is 9.46. The average molecular weight is 350 g/mol. The van der Waals surface area contributed by atoms with Crippen LogP contribution in [0.4, 0.5) is 5.69 Å². The summed E-state index contributed by atoms with van der Waals surface area (Å²) in [6.07, 6.45) is 5.29. The predicted octanol–water partition coefficient (Wildman–Crippen LogP) is 2.80. The van der Waals surface area contributed by atoms with Crippen molar-refractivity contribution in [3.63, 3.8) is 0 Å². The molecule has 136 valence electrons. The molecule has 0 radical (unpaired) electrons. The maximum Gasteiger partial charge on any atom is 0.200 e. The standard InChI is InChI=1S/C20H26N6/c1-16-13-19(20-23-22-15-26(20)24-16)21-14-18-8-11-25(12-9-18)10-7-17-5-3-2-4-6-17/h2-6,13,15,18,21H,7-12,14H2,1H3. The van der Waals surface area contributed by atoms with Crippen LogP contribution < -0.4 is 5.32 Å². The fourth-order valence-corrected chi connectivity index (χ4v) is 3.68. The highest BCUT2D eigenvalue weighted by molar-refractivity contribution is 5.66. The van der Waals surface area contributed by atoms with E-state index in [1.54, 1.807) is 10.8 Å². The van der Waals surface area contributed by atoms with Crippen molar-refractivity contribution in [2.75, 3.05) is 31.5 Å². The van der Waals surface area contributed by atoms with Crippen LogP contribution in [0.3, 0.4) is 0 Å². The number of nitrogens with one attached hydrogen (secondary N) is 1. The van der Waals surface area contributed by atoms with Gasteiger partial charge in [-0.3, -0.25) is 0 Å². The lowest BCUT2D eigenvalue weighted by molar-refractivity contribution is 0.191. The molecule has 0 bridgehead atoms. The van der Waals surface area contributed by atoms with Gasteiger partial charge < -0.3 is 10.2 Å². The number of likely N-dealkylation sites (tertiary alicyclic amines) is 1. The van der Waals surface area contributed by atoms with E-state index < -0.39 is 0 Å². The van der Waals surface area contributed by atoms with Gasteiger partial charge in [0.25, 0.3) is 0 Å². The lowest BCUT2D eigenvalue weighted by Gasteiger charge is -2.32. The Bertz CT molecular complexity index is 836. The van der Waals surface area contributed by atoms with Gasteiger partial charge in [-0.2, -0.15) is 9.61 Å². The smallest absolute Gasteiger partial charge is 0.200 e. The van der Waals surface area contributed by atoms with E-state index in [1.165, 1.54) is 31.5 Å². The summed E-state index contributed by atoms with van der Waals surface area (Å²) in [5.74, 6) is 0.708. The van der Waals surface area contributed by atoms with Crippen molar-refractivity contribution in [3.8, 4) is 0 Å². The number of fused-ring (bicyclic) bond motifs is 1. The number of rotatable bonds is 6. The van der Waals surface area contributed by atoms with Crippen LogP contribution in [0.5, 0.6) is 0 Å². The Kier molecular flexibility index (Phi) is 5.11. The molecule has 6 nitrogen and oxygen atoms in total. The molecule has 0 atom stereocenters. The third-order valence-corrected chi connectivity index (χ3v) is 5.24. The van der Waals surface area contributed by atoms with E-state index in [-0.39, 0.29) is 0 Å². The van der Waals surface area contributed by atoms with Crippen molar-refractivity contribution < 1.29 is 0 Å². The summed E-state index contributed by atoms with van der Waals surface area (Å²) in [5, 5.41) is 16.1. The minimum Gasteiger partial charge on any atom is -0.382 e. The second-order valence-electron chi connectivity index (χ2n) is 7.20. The van der Waals surface area contributed by atoms with E-state index >= 15 is 0 Å². The van der Waals surface area contributed by atoms with Gasteiger partial charge in [-0.25, -0.2) is 0 Å². The number of hydrogen-bond donors (Lipinski definition) is 1. The fourth-order valence-electron chi connectivity index (χ4n) is 3.68. The minimum atomic E-state index is 0.708. The highest BCUT2D eigenvalue weighted by atomic mass is 15.3. The van der Waals surface area contributed by atoms with Crippen LogP contribution in [0.2, 0.25) is 0 Å². The quantitative estimate of drug-likeness (QED) is 0.741. The van der Waals surface area contributed by atoms with E-state index in [4.69, 9.17) is 0 Å². The molecule has 1 saturated heterocycles. The monoisotopic (exact) mass is 350 g/mol. The summed E-state index contributed by atoms with van der Waals surface area (Å²) in [4.78, 5) is 2.59. The fraction of sp³-hybridized carbons (Fsp3) is 0.450. The molecule has 1 aliphatic rings. The van der Waals surface area contributed by atoms with Crippen LogP contribution in [0.15, 0.2) is 42.7 Å². The van der Waals surface area contributed by atoms with Gasteiger partial charge in [-0.05, 0) is 56.8 Å². The molecule has 1 N–H and O–H groups in total. The molecule has 2 aromatic heterocycles. The van der Waals surface area contributed by atoms with Gasteiger partial charge in [0.2, 0.25) is 5.65 Å². The summed E-state index contributed by atoms with van der Waals surface area (Å²) in [6.45, 7) is 6.52. The zero-order valence-corrected chi connectivity index (χ0v) is 15.3. The lowest BCUT2D eigenvalue weighted by atomic mass is 9.96. The lowest BCUT2D eigenvalue weighted by Crippen LogP contribution is -2.37. The van der Waals surface area contributed by atoms with E-state index in [1.807, 2.05) is 6.92 Å². The van der Waals surface area contributed by atoms with E-state index in [0.717, 1.165) is 36.5 Å². The third-order valence-electron chi connectivity index (χ3n) is 5.24. The van der Waals surface area contributed by atoms with E-state index in [0.29, 0.717) is 5.92 Å². The summed E-state index contributed by atoms with van der Waals surface area (Å²) in [6, 6.07) is 12.8. The SMILES string of the molecule is Cc1cc(NCC2CCN(CCc3ccccc3)CC2)c2nncn2n1. The van der Waals surface area contributed by atoms with Crippen LogP contribution in [0.25, 0.3) is 5.65 Å². The molecular weight excluding hydrogens is 324 g/mol. The normalized spacial score (nSPS) is 16.2. The number of benzene rings is 1. The maximum absolute atomic E-state index is 4.39. The van der Waals surface area contributed by atoms with Gasteiger partial charge >= 0.3 is 0 Å². The highest BCUT2D eigenvalue weighted by Crippen LogP contribution is 2.20. The van der Waals surface area contributed by atoms with Crippen molar-refractivity contribution in [1.29, 1.82) is 0 Å². The number of aryl methyl sites for hydroxylation is 1. The molecule has 1 fully saturated rings. The summed E-state index contributed by atoms with van der Waals surface area (Å²) in [7, 11) is 0. The molecular formula is C20H26N6. The summed E-state index contributed by atoms with van der Waals surface area (Å²) < 4.78 is 1.74. The average Bonchev–Trinajstić information content (AvgIpc) is 3.14. The van der Waals surface area contributed by atoms with Crippen molar-refractivity contribution >= 4 is 11.3 Å². The zero-order valence-electron chi connectivity index (χ0n) is 15.3. The number of anilines is 1. The maximum atomic E-state index is 4.39. The topological polar surface area (TPSA) is 58.3 Å². The first-order chi connectivity index (χ1) is 12.8. The molecule has 1 aromatic carbocycles. The molecule has 0 unspecified atom stereocenters. The van der Waals surface area contributed by atoms with Crippen molar-refractivity contribution in [2.24, 2.45) is 5.92 Å². The number of piperidine rings is 1. The van der Waals surface area contributed by atoms with Crippen LogP contribution in [-0.4, -0.2) is 50.9 Å². The Labute approximate surface area is 154 Å². The van der Waals surface area contributed by atoms with Gasteiger partial charge in [-0.15, -0.1) is 10.2 Å². The Morgan fingerprint density at radius 3 is 2.77 bits per heavy atom. The number of hydrogen-bond acceptors (Lipinski definition) is 5. The first kappa shape index (κ1) is 17.0. The molecule has 4 rings (SSSR count). The van der Waals surface area contributed by atoms with Gasteiger partial charge in [-0.1, -0.05) is 30.3 Å². The van der Waals surface area contributed by atoms with Crippen molar-refractivity contribution in [1.82, 2.24) is 24.7 Å². The van der Waals surface area contributed by atoms with Crippen LogP contribution in [0.1, 0.15) is 24.1 Å². The first-order valence-corrected chi connectivity index (χ1v) is 9.46. The van der Waals surface area contributed by atoms with Crippen LogP contribution in [0, 0.1) is 12.8 Å². The molecule has 0 saturated carbocycles. The Balaban J connectivity index is 1.25. The van der Waals surface area contributed by atoms with Crippen molar-refractivity contribution in [2.45, 2.75) is 26.2 Å². The molecule has 0 amide bonds. The van der Waals surface area contributed by atoms with Crippen LogP contribution in [-0.2, 0) is 6.42 Å². The number of aromatic nitrogens is 4. The minimum absolute atomic E-state index is 0.708. The predicted molar refractivity (Wildman–Crippen MR) is 103 cm³/mol. The highest BCUT2D eigenvalue weighted by Gasteiger charge is 2.19. The molecule has 1 aliphatic heterocycles. The molecule has 3 aromatic rings. The van der Waals surface area contributed by atoms with Gasteiger partial charge in [0.05, 0.1) is 11.4 Å². The largest absolute Gasteiger partial charge is 0.382 e. The third kappa shape index (κ3) is 4.02. The second kappa shape index (κ2) is 7.83. The van der Waals surface area contributed by atoms with Crippen LogP contribution >= 0.6 is 0 Å². The van der Waals surface area contributed by atoms with E-state index in [2.05, 4.69) is 61.9 Å². The van der Waals surface area contributed by atoms with E-state index in [9.17, 15) is 0 Å². The Morgan fingerprint density at radius 2 is 1.96 bits per heavy atom. The van der Waals surface area contributed by atoms with Crippen molar-refractivity contribution in [3.05, 3.63) is 54.0 Å². The molecule has 26 heavy (non-hydrogen) atoms. The molecule has 0 aliphatic carbocycles. The zero-order chi connectivity index (χ0) is 17.8. The molecule has 3 heterocycles. The second-order valence-corrected chi connectivity index (χ2v) is 7.20. The van der Waals surface area contributed by atoms with Gasteiger partial charge in [0.1, 0.15) is 6.33 Å². The Morgan fingerprint density at radius 1 is 1.15 bits per heavy atom. The summed E-state index contributed by atoms with van der Waals surface area (Å²) >= 11 is 0. The van der Waals surface area contributed by atoms with Gasteiger partial charge in [0, 0.05) is 13.1 Å². The molecule has 6 heteroatoms. The molecule has 0 spiro atoms. The number of nitrogens with zero attached hydrogens (tertiary/aromatic N) is 5.